The molecule has 1 amide bonds. The molecule has 2 aliphatic rings. The number of halogens is 4. The molecule has 3 atom stereocenters. The Labute approximate surface area is 230 Å². The third-order valence-corrected chi connectivity index (χ3v) is 7.73. The summed E-state index contributed by atoms with van der Waals surface area (Å²) in [5.74, 6) is -0.483. The number of carbonyl (C=O) groups is 1. The van der Waals surface area contributed by atoms with E-state index in [1.807, 2.05) is 13.8 Å². The highest BCUT2D eigenvalue weighted by atomic mass is 35.5. The van der Waals surface area contributed by atoms with Crippen LogP contribution in [0, 0.1) is 25.2 Å². The Kier molecular flexibility index (Phi) is 8.71. The second-order valence-corrected chi connectivity index (χ2v) is 10.3. The fraction of sp³-hybridized carbons (Fsp3) is 0.519. The topological polar surface area (TPSA) is 92.9 Å². The van der Waals surface area contributed by atoms with E-state index in [2.05, 4.69) is 9.88 Å². The lowest BCUT2D eigenvalue weighted by atomic mass is 10.1. The van der Waals surface area contributed by atoms with Gasteiger partial charge in [0, 0.05) is 48.6 Å². The van der Waals surface area contributed by atoms with Crippen LogP contribution in [0.4, 0.5) is 24.7 Å². The molecule has 2 aromatic rings. The van der Waals surface area contributed by atoms with Gasteiger partial charge in [0.15, 0.2) is 0 Å². The first-order valence-corrected chi connectivity index (χ1v) is 13.2. The zero-order valence-corrected chi connectivity index (χ0v) is 22.8. The summed E-state index contributed by atoms with van der Waals surface area (Å²) in [6.07, 6.45) is -4.86. The molecule has 4 rings (SSSR count). The number of likely N-dealkylation sites (N-methyl/N-ethyl adjacent to an activating group) is 1. The molecule has 0 bridgehead atoms. The third-order valence-electron chi connectivity index (χ3n) is 7.32. The molecule has 0 spiro atoms. The molecule has 2 saturated heterocycles. The van der Waals surface area contributed by atoms with Crippen LogP contribution in [-0.2, 0) is 15.7 Å². The number of alkyl halides is 3. The van der Waals surface area contributed by atoms with Gasteiger partial charge in [0.25, 0.3) is 0 Å². The Morgan fingerprint density at radius 3 is 2.67 bits per heavy atom. The average Bonchev–Trinajstić information content (AvgIpc) is 3.35. The number of pyridine rings is 1. The van der Waals surface area contributed by atoms with Gasteiger partial charge in [0.05, 0.1) is 24.9 Å². The Morgan fingerprint density at radius 1 is 1.31 bits per heavy atom. The minimum Gasteiger partial charge on any atom is -0.394 e. The maximum atomic E-state index is 14.1. The molecule has 0 saturated carbocycles. The summed E-state index contributed by atoms with van der Waals surface area (Å²) in [5.41, 5.74) is -0.175. The SMILES string of the molecule is CCN(C(=O)C1CC(N2CCOC(CO)C2)CN1c1nc(C)cc(C(F)(F)F)c1C#N)c1ccc(C)c(Cl)c1. The molecule has 1 aromatic carbocycles. The normalized spacial score (nSPS) is 22.1. The fourth-order valence-electron chi connectivity index (χ4n) is 5.32. The fourth-order valence-corrected chi connectivity index (χ4v) is 5.50. The molecule has 8 nitrogen and oxygen atoms in total. The van der Waals surface area contributed by atoms with Gasteiger partial charge in [-0.05, 0) is 51.0 Å². The number of aliphatic hydroxyl groups excluding tert-OH is 1. The quantitative estimate of drug-likeness (QED) is 0.567. The van der Waals surface area contributed by atoms with Crippen molar-refractivity contribution in [2.75, 3.05) is 49.2 Å². The van der Waals surface area contributed by atoms with E-state index in [0.29, 0.717) is 43.4 Å². The summed E-state index contributed by atoms with van der Waals surface area (Å²) < 4.78 is 47.4. The summed E-state index contributed by atoms with van der Waals surface area (Å²) in [6, 6.07) is 6.71. The summed E-state index contributed by atoms with van der Waals surface area (Å²) in [4.78, 5) is 23.6. The number of carbonyl (C=O) groups excluding carboxylic acids is 1. The first-order chi connectivity index (χ1) is 18.5. The molecule has 210 valence electrons. The smallest absolute Gasteiger partial charge is 0.394 e. The minimum absolute atomic E-state index is 0.0929. The van der Waals surface area contributed by atoms with Crippen LogP contribution >= 0.6 is 11.6 Å². The number of hydrogen-bond acceptors (Lipinski definition) is 7. The monoisotopic (exact) mass is 565 g/mol. The molecule has 3 unspecified atom stereocenters. The highest BCUT2D eigenvalue weighted by Crippen LogP contribution is 2.39. The molecule has 2 aliphatic heterocycles. The van der Waals surface area contributed by atoms with Crippen LogP contribution in [-0.4, -0.2) is 78.5 Å². The van der Waals surface area contributed by atoms with Crippen LogP contribution in [0.1, 0.15) is 35.7 Å². The number of nitriles is 1. The van der Waals surface area contributed by atoms with Gasteiger partial charge in [-0.1, -0.05) is 17.7 Å². The van der Waals surface area contributed by atoms with E-state index >= 15 is 0 Å². The van der Waals surface area contributed by atoms with Gasteiger partial charge in [-0.3, -0.25) is 9.69 Å². The highest BCUT2D eigenvalue weighted by molar-refractivity contribution is 6.31. The Balaban J connectivity index is 1.78. The lowest BCUT2D eigenvalue weighted by Crippen LogP contribution is -2.49. The van der Waals surface area contributed by atoms with Crippen molar-refractivity contribution in [2.24, 2.45) is 0 Å². The van der Waals surface area contributed by atoms with E-state index in [0.717, 1.165) is 11.6 Å². The summed E-state index contributed by atoms with van der Waals surface area (Å²) in [5, 5.41) is 19.9. The second-order valence-electron chi connectivity index (χ2n) is 9.86. The number of benzene rings is 1. The highest BCUT2D eigenvalue weighted by Gasteiger charge is 2.45. The van der Waals surface area contributed by atoms with Gasteiger partial charge in [-0.25, -0.2) is 4.98 Å². The number of ether oxygens (including phenoxy) is 1. The predicted molar refractivity (Wildman–Crippen MR) is 141 cm³/mol. The van der Waals surface area contributed by atoms with Gasteiger partial charge in [0.2, 0.25) is 5.91 Å². The van der Waals surface area contributed by atoms with Crippen molar-refractivity contribution in [3.8, 4) is 6.07 Å². The molecular formula is C27H31ClF3N5O3. The lowest BCUT2D eigenvalue weighted by molar-refractivity contribution is -0.137. The number of aromatic nitrogens is 1. The molecule has 12 heteroatoms. The van der Waals surface area contributed by atoms with Crippen LogP contribution in [0.2, 0.25) is 5.02 Å². The van der Waals surface area contributed by atoms with Crippen LogP contribution < -0.4 is 9.80 Å². The van der Waals surface area contributed by atoms with Gasteiger partial charge < -0.3 is 19.6 Å². The zero-order valence-electron chi connectivity index (χ0n) is 22.0. The van der Waals surface area contributed by atoms with E-state index < -0.39 is 29.4 Å². The standard InChI is InChI=1S/C27H31ClF3N5O3/c1-4-35(18-6-5-16(2)23(28)10-18)26(38)24-11-19(34-7-8-39-20(14-34)15-37)13-36(24)25-21(12-32)22(27(29,30)31)9-17(3)33-25/h5-6,9-10,19-20,24,37H,4,7-8,11,13-15H2,1-3H3. The number of morpholine rings is 1. The van der Waals surface area contributed by atoms with Crippen molar-refractivity contribution in [3.05, 3.63) is 51.7 Å². The Morgan fingerprint density at radius 2 is 2.05 bits per heavy atom. The predicted octanol–water partition coefficient (Wildman–Crippen LogP) is 3.94. The van der Waals surface area contributed by atoms with Crippen molar-refractivity contribution >= 4 is 29.0 Å². The van der Waals surface area contributed by atoms with Gasteiger partial charge in [-0.15, -0.1) is 0 Å². The Bertz CT molecular complexity index is 1270. The zero-order chi connectivity index (χ0) is 28.5. The number of hydrogen-bond donors (Lipinski definition) is 1. The summed E-state index contributed by atoms with van der Waals surface area (Å²) in [7, 11) is 0. The van der Waals surface area contributed by atoms with E-state index in [1.54, 1.807) is 29.2 Å². The van der Waals surface area contributed by atoms with Crippen LogP contribution in [0.15, 0.2) is 24.3 Å². The average molecular weight is 566 g/mol. The number of aryl methyl sites for hydroxylation is 2. The number of rotatable bonds is 6. The maximum absolute atomic E-state index is 14.1. The molecule has 3 heterocycles. The molecule has 2 fully saturated rings. The van der Waals surface area contributed by atoms with Gasteiger partial charge >= 0.3 is 6.18 Å². The molecule has 0 radical (unpaired) electrons. The van der Waals surface area contributed by atoms with E-state index in [4.69, 9.17) is 16.3 Å². The number of anilines is 2. The summed E-state index contributed by atoms with van der Waals surface area (Å²) >= 11 is 6.33. The largest absolute Gasteiger partial charge is 0.417 e. The first kappa shape index (κ1) is 29.1. The lowest BCUT2D eigenvalue weighted by Gasteiger charge is -2.36. The molecule has 1 N–H and O–H groups in total. The summed E-state index contributed by atoms with van der Waals surface area (Å²) in [6.45, 7) is 6.76. The van der Waals surface area contributed by atoms with Crippen molar-refractivity contribution in [1.29, 1.82) is 5.26 Å². The first-order valence-electron chi connectivity index (χ1n) is 12.8. The number of aliphatic hydroxyl groups is 1. The van der Waals surface area contributed by atoms with E-state index in [-0.39, 0.29) is 36.6 Å². The van der Waals surface area contributed by atoms with Crippen molar-refractivity contribution in [2.45, 2.75) is 51.6 Å². The van der Waals surface area contributed by atoms with Crippen molar-refractivity contribution in [3.63, 3.8) is 0 Å². The minimum atomic E-state index is -4.77. The van der Waals surface area contributed by atoms with Gasteiger partial charge in [-0.2, -0.15) is 18.4 Å². The molecular weight excluding hydrogens is 535 g/mol. The van der Waals surface area contributed by atoms with Crippen LogP contribution in [0.25, 0.3) is 0 Å². The molecule has 39 heavy (non-hydrogen) atoms. The van der Waals surface area contributed by atoms with Crippen molar-refractivity contribution in [1.82, 2.24) is 9.88 Å². The number of nitrogens with zero attached hydrogens (tertiary/aromatic N) is 5. The molecule has 1 aromatic heterocycles. The van der Waals surface area contributed by atoms with E-state index in [1.165, 1.54) is 11.8 Å². The van der Waals surface area contributed by atoms with Crippen LogP contribution in [0.3, 0.4) is 0 Å². The number of amides is 1. The second kappa shape index (κ2) is 11.7. The van der Waals surface area contributed by atoms with E-state index in [9.17, 15) is 28.3 Å². The van der Waals surface area contributed by atoms with Gasteiger partial charge in [0.1, 0.15) is 23.5 Å². The van der Waals surface area contributed by atoms with Crippen molar-refractivity contribution < 1.29 is 27.8 Å². The Hall–Kier alpha value is -2.91. The van der Waals surface area contributed by atoms with Crippen LogP contribution in [0.5, 0.6) is 0 Å². The maximum Gasteiger partial charge on any atom is 0.417 e. The molecule has 0 aliphatic carbocycles. The third kappa shape index (κ3) is 5.99.